The molecule has 2 aromatic carbocycles. The van der Waals surface area contributed by atoms with E-state index in [1.807, 2.05) is 25.1 Å². The van der Waals surface area contributed by atoms with E-state index in [2.05, 4.69) is 11.1 Å². The van der Waals surface area contributed by atoms with E-state index < -0.39 is 0 Å². The molecule has 3 aromatic rings. The second-order valence-electron chi connectivity index (χ2n) is 4.86. The van der Waals surface area contributed by atoms with Crippen molar-refractivity contribution < 1.29 is 9.13 Å². The first-order valence-corrected chi connectivity index (χ1v) is 6.50. The van der Waals surface area contributed by atoms with Gasteiger partial charge in [0.1, 0.15) is 17.6 Å². The van der Waals surface area contributed by atoms with Crippen molar-refractivity contribution in [2.75, 3.05) is 7.11 Å². The molecule has 0 aliphatic rings. The van der Waals surface area contributed by atoms with E-state index in [0.29, 0.717) is 16.6 Å². The summed E-state index contributed by atoms with van der Waals surface area (Å²) in [5.74, 6) is 0.440. The maximum Gasteiger partial charge on any atom is 0.124 e. The van der Waals surface area contributed by atoms with Gasteiger partial charge in [-0.25, -0.2) is 4.39 Å². The predicted molar refractivity (Wildman–Crippen MR) is 79.7 cm³/mol. The molecule has 3 rings (SSSR count). The molecule has 0 spiro atoms. The number of aryl methyl sites for hydroxylation is 1. The average molecular weight is 280 g/mol. The molecule has 0 atom stereocenters. The fourth-order valence-corrected chi connectivity index (χ4v) is 2.53. The van der Waals surface area contributed by atoms with Gasteiger partial charge in [0.25, 0.3) is 0 Å². The standard InChI is InChI=1S/C17H13FN2O/c1-10-7-11(3-6-16(10)21-2)17-14(9-19)13-8-12(18)4-5-15(13)20-17/h3-8,20H,1-2H3. The number of rotatable bonds is 2. The van der Waals surface area contributed by atoms with Crippen LogP contribution in [0.2, 0.25) is 0 Å². The number of hydrogen-bond acceptors (Lipinski definition) is 2. The first kappa shape index (κ1) is 13.2. The minimum Gasteiger partial charge on any atom is -0.496 e. The second-order valence-corrected chi connectivity index (χ2v) is 4.86. The average Bonchev–Trinajstić information content (AvgIpc) is 2.84. The zero-order valence-electron chi connectivity index (χ0n) is 11.7. The molecule has 0 saturated carbocycles. The highest BCUT2D eigenvalue weighted by molar-refractivity contribution is 5.93. The van der Waals surface area contributed by atoms with Crippen LogP contribution in [0.15, 0.2) is 36.4 Å². The normalized spacial score (nSPS) is 10.6. The number of ether oxygens (including phenoxy) is 1. The molecule has 0 bridgehead atoms. The Labute approximate surface area is 121 Å². The Bertz CT molecular complexity index is 874. The van der Waals surface area contributed by atoms with Gasteiger partial charge in [-0.2, -0.15) is 5.26 Å². The highest BCUT2D eigenvalue weighted by atomic mass is 19.1. The Morgan fingerprint density at radius 1 is 1.19 bits per heavy atom. The summed E-state index contributed by atoms with van der Waals surface area (Å²) >= 11 is 0. The molecule has 0 saturated heterocycles. The second kappa shape index (κ2) is 4.95. The van der Waals surface area contributed by atoms with E-state index in [4.69, 9.17) is 4.74 Å². The third-order valence-corrected chi connectivity index (χ3v) is 3.56. The van der Waals surface area contributed by atoms with Gasteiger partial charge in [-0.05, 0) is 54.4 Å². The van der Waals surface area contributed by atoms with Crippen molar-refractivity contribution in [2.45, 2.75) is 6.92 Å². The predicted octanol–water partition coefficient (Wildman–Crippen LogP) is 4.16. The third-order valence-electron chi connectivity index (χ3n) is 3.56. The number of halogens is 1. The zero-order valence-corrected chi connectivity index (χ0v) is 11.7. The molecule has 4 heteroatoms. The summed E-state index contributed by atoms with van der Waals surface area (Å²) < 4.78 is 18.6. The lowest BCUT2D eigenvalue weighted by Crippen LogP contribution is -1.88. The van der Waals surface area contributed by atoms with Crippen LogP contribution in [0.4, 0.5) is 4.39 Å². The molecule has 104 valence electrons. The van der Waals surface area contributed by atoms with Crippen molar-refractivity contribution >= 4 is 10.9 Å². The maximum atomic E-state index is 13.4. The van der Waals surface area contributed by atoms with Gasteiger partial charge in [-0.3, -0.25) is 0 Å². The third kappa shape index (κ3) is 2.13. The Morgan fingerprint density at radius 2 is 2.00 bits per heavy atom. The number of fused-ring (bicyclic) bond motifs is 1. The lowest BCUT2D eigenvalue weighted by atomic mass is 10.0. The molecule has 0 fully saturated rings. The van der Waals surface area contributed by atoms with Crippen LogP contribution in [0.3, 0.4) is 0 Å². The first-order chi connectivity index (χ1) is 10.1. The molecule has 1 N–H and O–H groups in total. The first-order valence-electron chi connectivity index (χ1n) is 6.50. The van der Waals surface area contributed by atoms with Gasteiger partial charge in [0.2, 0.25) is 0 Å². The van der Waals surface area contributed by atoms with Gasteiger partial charge in [-0.15, -0.1) is 0 Å². The molecule has 0 amide bonds. The topological polar surface area (TPSA) is 48.8 Å². The van der Waals surface area contributed by atoms with Crippen LogP contribution in [0.25, 0.3) is 22.2 Å². The molecule has 0 aliphatic heterocycles. The molecule has 3 nitrogen and oxygen atoms in total. The fraction of sp³-hybridized carbons (Fsp3) is 0.118. The smallest absolute Gasteiger partial charge is 0.124 e. The summed E-state index contributed by atoms with van der Waals surface area (Å²) in [6.07, 6.45) is 0. The highest BCUT2D eigenvalue weighted by Gasteiger charge is 2.14. The summed E-state index contributed by atoms with van der Waals surface area (Å²) in [5.41, 5.74) is 3.75. The highest BCUT2D eigenvalue weighted by Crippen LogP contribution is 2.32. The van der Waals surface area contributed by atoms with Gasteiger partial charge in [0.05, 0.1) is 18.4 Å². The molecule has 0 radical (unpaired) electrons. The summed E-state index contributed by atoms with van der Waals surface area (Å²) in [6, 6.07) is 12.3. The van der Waals surface area contributed by atoms with E-state index >= 15 is 0 Å². The number of nitrogens with zero attached hydrogens (tertiary/aromatic N) is 1. The van der Waals surface area contributed by atoms with Gasteiger partial charge in [0, 0.05) is 10.9 Å². The Kier molecular flexibility index (Phi) is 3.11. The van der Waals surface area contributed by atoms with Crippen LogP contribution in [-0.4, -0.2) is 12.1 Å². The van der Waals surface area contributed by atoms with Crippen molar-refractivity contribution in [3.05, 3.63) is 53.3 Å². The van der Waals surface area contributed by atoms with E-state index in [1.54, 1.807) is 13.2 Å². The number of aromatic nitrogens is 1. The Morgan fingerprint density at radius 3 is 2.67 bits per heavy atom. The number of hydrogen-bond donors (Lipinski definition) is 1. The quantitative estimate of drug-likeness (QED) is 0.766. The van der Waals surface area contributed by atoms with Gasteiger partial charge >= 0.3 is 0 Å². The fourth-order valence-electron chi connectivity index (χ4n) is 2.53. The SMILES string of the molecule is COc1ccc(-c2[nH]c3ccc(F)cc3c2C#N)cc1C. The van der Waals surface area contributed by atoms with Crippen molar-refractivity contribution in [1.29, 1.82) is 5.26 Å². The van der Waals surface area contributed by atoms with E-state index in [-0.39, 0.29) is 5.82 Å². The minimum atomic E-state index is -0.351. The van der Waals surface area contributed by atoms with Crippen LogP contribution in [-0.2, 0) is 0 Å². The van der Waals surface area contributed by atoms with E-state index in [0.717, 1.165) is 22.4 Å². The summed E-state index contributed by atoms with van der Waals surface area (Å²) in [5, 5.41) is 10.0. The maximum absolute atomic E-state index is 13.4. The molecule has 21 heavy (non-hydrogen) atoms. The van der Waals surface area contributed by atoms with Crippen LogP contribution in [0.1, 0.15) is 11.1 Å². The van der Waals surface area contributed by atoms with Crippen molar-refractivity contribution in [3.8, 4) is 23.1 Å². The number of methoxy groups -OCH3 is 1. The van der Waals surface area contributed by atoms with E-state index in [9.17, 15) is 9.65 Å². The van der Waals surface area contributed by atoms with Crippen molar-refractivity contribution in [1.82, 2.24) is 4.98 Å². The van der Waals surface area contributed by atoms with Crippen LogP contribution < -0.4 is 4.74 Å². The van der Waals surface area contributed by atoms with Crippen LogP contribution in [0, 0.1) is 24.1 Å². The molecule has 1 aromatic heterocycles. The van der Waals surface area contributed by atoms with Gasteiger partial charge < -0.3 is 9.72 Å². The van der Waals surface area contributed by atoms with Gasteiger partial charge in [0.15, 0.2) is 0 Å². The molecule has 0 aliphatic carbocycles. The van der Waals surface area contributed by atoms with E-state index in [1.165, 1.54) is 12.1 Å². The lowest BCUT2D eigenvalue weighted by Gasteiger charge is -2.06. The molecular formula is C17H13FN2O. The number of H-pyrrole nitrogens is 1. The minimum absolute atomic E-state index is 0.351. The van der Waals surface area contributed by atoms with Gasteiger partial charge in [-0.1, -0.05) is 0 Å². The number of benzene rings is 2. The Balaban J connectivity index is 2.25. The Hall–Kier alpha value is -2.80. The zero-order chi connectivity index (χ0) is 15.0. The van der Waals surface area contributed by atoms with Crippen LogP contribution in [0.5, 0.6) is 5.75 Å². The lowest BCUT2D eigenvalue weighted by molar-refractivity contribution is 0.412. The molecular weight excluding hydrogens is 267 g/mol. The number of nitriles is 1. The summed E-state index contributed by atoms with van der Waals surface area (Å²) in [7, 11) is 1.62. The largest absolute Gasteiger partial charge is 0.496 e. The van der Waals surface area contributed by atoms with Crippen LogP contribution >= 0.6 is 0 Å². The number of nitrogens with one attached hydrogen (secondary N) is 1. The van der Waals surface area contributed by atoms with Crippen molar-refractivity contribution in [3.63, 3.8) is 0 Å². The monoisotopic (exact) mass is 280 g/mol. The van der Waals surface area contributed by atoms with Crippen molar-refractivity contribution in [2.24, 2.45) is 0 Å². The molecule has 1 heterocycles. The number of aromatic amines is 1. The summed E-state index contributed by atoms with van der Waals surface area (Å²) in [4.78, 5) is 3.19. The summed E-state index contributed by atoms with van der Waals surface area (Å²) in [6.45, 7) is 1.94. The molecule has 0 unspecified atom stereocenters.